The molecule has 3 rings (SSSR count). The van der Waals surface area contributed by atoms with Crippen molar-refractivity contribution < 1.29 is 0 Å². The van der Waals surface area contributed by atoms with E-state index in [1.807, 2.05) is 0 Å². The molecule has 0 spiro atoms. The van der Waals surface area contributed by atoms with Gasteiger partial charge in [0.2, 0.25) is 0 Å². The molecule has 1 heteroatoms. The van der Waals surface area contributed by atoms with Gasteiger partial charge in [-0.25, -0.2) is 0 Å². The van der Waals surface area contributed by atoms with Crippen molar-refractivity contribution in [1.82, 2.24) is 0 Å². The summed E-state index contributed by atoms with van der Waals surface area (Å²) in [5.74, 6) is 3.15. The second kappa shape index (κ2) is 2.25. The first-order valence-corrected chi connectivity index (χ1v) is 5.57. The molecule has 0 unspecified atom stereocenters. The van der Waals surface area contributed by atoms with Crippen LogP contribution in [0.15, 0.2) is 0 Å². The highest BCUT2D eigenvalue weighted by atomic mass is 14.7. The quantitative estimate of drug-likeness (QED) is 0.633. The van der Waals surface area contributed by atoms with Crippen molar-refractivity contribution in [2.75, 3.05) is 6.54 Å². The molecule has 3 saturated carbocycles. The predicted octanol–water partition coefficient (Wildman–Crippen LogP) is 2.16. The van der Waals surface area contributed by atoms with Gasteiger partial charge in [-0.2, -0.15) is 0 Å². The smallest absolute Gasteiger partial charge is 0.00151 e. The maximum absolute atomic E-state index is 6.00. The van der Waals surface area contributed by atoms with E-state index >= 15 is 0 Å². The van der Waals surface area contributed by atoms with E-state index in [9.17, 15) is 0 Å². The van der Waals surface area contributed by atoms with E-state index < -0.39 is 0 Å². The standard InChI is InChI=1S/C11H19N/c12-7-11-5-1-2-10(11)8-3-4-9(11)6-8/h8-10H,1-7,12H2/t8-,9-,10+,11+/m1/s1. The molecule has 0 aromatic heterocycles. The highest BCUT2D eigenvalue weighted by molar-refractivity contribution is 5.09. The van der Waals surface area contributed by atoms with E-state index in [1.165, 1.54) is 38.5 Å². The third kappa shape index (κ3) is 0.654. The second-order valence-electron chi connectivity index (χ2n) is 5.21. The molecule has 0 aromatic rings. The maximum atomic E-state index is 6.00. The van der Waals surface area contributed by atoms with Crippen LogP contribution in [0.5, 0.6) is 0 Å². The van der Waals surface area contributed by atoms with Crippen molar-refractivity contribution in [3.63, 3.8) is 0 Å². The Morgan fingerprint density at radius 3 is 2.92 bits per heavy atom. The molecule has 3 aliphatic carbocycles. The molecule has 0 saturated heterocycles. The molecular weight excluding hydrogens is 146 g/mol. The summed E-state index contributed by atoms with van der Waals surface area (Å²) < 4.78 is 0. The Bertz CT molecular complexity index is 201. The lowest BCUT2D eigenvalue weighted by Crippen LogP contribution is -2.39. The number of nitrogens with two attached hydrogens (primary N) is 1. The first kappa shape index (κ1) is 7.37. The molecule has 2 N–H and O–H groups in total. The number of hydrogen-bond acceptors (Lipinski definition) is 1. The summed E-state index contributed by atoms with van der Waals surface area (Å²) in [7, 11) is 0. The summed E-state index contributed by atoms with van der Waals surface area (Å²) >= 11 is 0. The Balaban J connectivity index is 1.98. The van der Waals surface area contributed by atoms with Crippen LogP contribution in [0.2, 0.25) is 0 Å². The monoisotopic (exact) mass is 165 g/mol. The topological polar surface area (TPSA) is 26.0 Å². The van der Waals surface area contributed by atoms with Crippen molar-refractivity contribution in [2.24, 2.45) is 28.9 Å². The van der Waals surface area contributed by atoms with E-state index in [1.54, 1.807) is 0 Å². The lowest BCUT2D eigenvalue weighted by molar-refractivity contribution is 0.121. The zero-order valence-electron chi connectivity index (χ0n) is 7.76. The van der Waals surface area contributed by atoms with Gasteiger partial charge in [-0.15, -0.1) is 0 Å². The van der Waals surface area contributed by atoms with E-state index in [2.05, 4.69) is 0 Å². The third-order valence-corrected chi connectivity index (χ3v) is 5.13. The molecule has 3 aliphatic rings. The van der Waals surface area contributed by atoms with E-state index in [0.29, 0.717) is 5.41 Å². The van der Waals surface area contributed by atoms with Gasteiger partial charge in [0, 0.05) is 0 Å². The Hall–Kier alpha value is -0.0400. The van der Waals surface area contributed by atoms with E-state index in [-0.39, 0.29) is 0 Å². The fraction of sp³-hybridized carbons (Fsp3) is 1.00. The Morgan fingerprint density at radius 2 is 2.17 bits per heavy atom. The first-order chi connectivity index (χ1) is 5.87. The summed E-state index contributed by atoms with van der Waals surface area (Å²) in [5, 5.41) is 0. The number of fused-ring (bicyclic) bond motifs is 5. The summed E-state index contributed by atoms with van der Waals surface area (Å²) in [5.41, 5.74) is 6.64. The van der Waals surface area contributed by atoms with Crippen LogP contribution in [-0.2, 0) is 0 Å². The predicted molar refractivity (Wildman–Crippen MR) is 49.7 cm³/mol. The molecule has 3 fully saturated rings. The van der Waals surface area contributed by atoms with Crippen LogP contribution in [0.3, 0.4) is 0 Å². The first-order valence-electron chi connectivity index (χ1n) is 5.57. The summed E-state index contributed by atoms with van der Waals surface area (Å²) in [6, 6.07) is 0. The van der Waals surface area contributed by atoms with Crippen molar-refractivity contribution in [1.29, 1.82) is 0 Å². The van der Waals surface area contributed by atoms with Crippen molar-refractivity contribution in [2.45, 2.75) is 38.5 Å². The highest BCUT2D eigenvalue weighted by Gasteiger charge is 2.58. The van der Waals surface area contributed by atoms with Crippen LogP contribution in [0.1, 0.15) is 38.5 Å². The normalized spacial score (nSPS) is 56.2. The fourth-order valence-corrected chi connectivity index (χ4v) is 4.66. The van der Waals surface area contributed by atoms with Crippen molar-refractivity contribution >= 4 is 0 Å². The molecule has 2 bridgehead atoms. The average molecular weight is 165 g/mol. The minimum absolute atomic E-state index is 0.642. The maximum Gasteiger partial charge on any atom is -0.00151 e. The van der Waals surface area contributed by atoms with Crippen LogP contribution in [0.25, 0.3) is 0 Å². The van der Waals surface area contributed by atoms with Gasteiger partial charge in [0.25, 0.3) is 0 Å². The summed E-state index contributed by atoms with van der Waals surface area (Å²) in [6.45, 7) is 0.985. The van der Waals surface area contributed by atoms with Crippen molar-refractivity contribution in [3.8, 4) is 0 Å². The summed E-state index contributed by atoms with van der Waals surface area (Å²) in [6.07, 6.45) is 8.97. The van der Waals surface area contributed by atoms with Gasteiger partial charge in [-0.3, -0.25) is 0 Å². The highest BCUT2D eigenvalue weighted by Crippen LogP contribution is 2.65. The van der Waals surface area contributed by atoms with Crippen molar-refractivity contribution in [3.05, 3.63) is 0 Å². The lowest BCUT2D eigenvalue weighted by Gasteiger charge is -2.38. The van der Waals surface area contributed by atoms with Gasteiger partial charge < -0.3 is 5.73 Å². The van der Waals surface area contributed by atoms with Crippen LogP contribution >= 0.6 is 0 Å². The Kier molecular flexibility index (Phi) is 1.39. The van der Waals surface area contributed by atoms with E-state index in [4.69, 9.17) is 5.73 Å². The third-order valence-electron chi connectivity index (χ3n) is 5.13. The molecular formula is C11H19N. The molecule has 12 heavy (non-hydrogen) atoms. The minimum Gasteiger partial charge on any atom is -0.330 e. The zero-order chi connectivity index (χ0) is 8.18. The SMILES string of the molecule is NC[C@]12CCC[C@H]1[C@@H]1CC[C@@H]2C1. The summed E-state index contributed by atoms with van der Waals surface area (Å²) in [4.78, 5) is 0. The molecule has 0 aliphatic heterocycles. The van der Waals surface area contributed by atoms with Gasteiger partial charge in [0.05, 0.1) is 0 Å². The molecule has 0 aromatic carbocycles. The van der Waals surface area contributed by atoms with Gasteiger partial charge >= 0.3 is 0 Å². The van der Waals surface area contributed by atoms with Gasteiger partial charge in [0.15, 0.2) is 0 Å². The Labute approximate surface area is 74.7 Å². The molecule has 0 heterocycles. The Morgan fingerprint density at radius 1 is 1.25 bits per heavy atom. The second-order valence-corrected chi connectivity index (χ2v) is 5.21. The number of hydrogen-bond donors (Lipinski definition) is 1. The van der Waals surface area contributed by atoms with Crippen LogP contribution in [-0.4, -0.2) is 6.54 Å². The van der Waals surface area contributed by atoms with Gasteiger partial charge in [-0.1, -0.05) is 6.42 Å². The molecule has 4 atom stereocenters. The van der Waals surface area contributed by atoms with Crippen LogP contribution < -0.4 is 5.73 Å². The molecule has 0 radical (unpaired) electrons. The zero-order valence-corrected chi connectivity index (χ0v) is 7.76. The van der Waals surface area contributed by atoms with Crippen LogP contribution in [0, 0.1) is 23.2 Å². The molecule has 0 amide bonds. The fourth-order valence-electron chi connectivity index (χ4n) is 4.66. The molecule has 1 nitrogen and oxygen atoms in total. The van der Waals surface area contributed by atoms with Gasteiger partial charge in [0.1, 0.15) is 0 Å². The minimum atomic E-state index is 0.642. The van der Waals surface area contributed by atoms with Crippen LogP contribution in [0.4, 0.5) is 0 Å². The molecule has 68 valence electrons. The van der Waals surface area contributed by atoms with Gasteiger partial charge in [-0.05, 0) is 61.8 Å². The number of rotatable bonds is 1. The largest absolute Gasteiger partial charge is 0.330 e. The van der Waals surface area contributed by atoms with E-state index in [0.717, 1.165) is 24.3 Å². The average Bonchev–Trinajstić information content (AvgIpc) is 2.76. The lowest BCUT2D eigenvalue weighted by atomic mass is 9.68.